The second-order valence-corrected chi connectivity index (χ2v) is 6.25. The molecule has 1 unspecified atom stereocenters. The second-order valence-electron chi connectivity index (χ2n) is 6.25. The molecule has 1 saturated carbocycles. The Morgan fingerprint density at radius 3 is 2.30 bits per heavy atom. The average Bonchev–Trinajstić information content (AvgIpc) is 2.46. The Morgan fingerprint density at radius 2 is 1.75 bits per heavy atom. The maximum Gasteiger partial charge on any atom is 0.244 e. The van der Waals surface area contributed by atoms with E-state index in [2.05, 4.69) is 6.92 Å². The Hall–Kier alpha value is -1.35. The number of nitrogens with zero attached hydrogens (tertiary/aromatic N) is 1. The van der Waals surface area contributed by atoms with E-state index < -0.39 is 6.04 Å². The molecule has 0 aliphatic heterocycles. The SMILES string of the molecule is Cc1ccc(C(N)C(=O)N(C)C2CCC(C)CC2)cc1. The molecule has 0 spiro atoms. The molecule has 0 bridgehead atoms. The van der Waals surface area contributed by atoms with E-state index in [1.54, 1.807) is 0 Å². The van der Waals surface area contributed by atoms with Crippen LogP contribution in [0.2, 0.25) is 0 Å². The van der Waals surface area contributed by atoms with Crippen molar-refractivity contribution in [3.05, 3.63) is 35.4 Å². The molecular weight excluding hydrogens is 248 g/mol. The van der Waals surface area contributed by atoms with Gasteiger partial charge in [0, 0.05) is 13.1 Å². The van der Waals surface area contributed by atoms with E-state index in [1.165, 1.54) is 18.4 Å². The quantitative estimate of drug-likeness (QED) is 0.921. The first-order valence-corrected chi connectivity index (χ1v) is 7.58. The van der Waals surface area contributed by atoms with Crippen LogP contribution in [0.3, 0.4) is 0 Å². The molecule has 1 aromatic carbocycles. The minimum absolute atomic E-state index is 0.0356. The predicted molar refractivity (Wildman–Crippen MR) is 82.3 cm³/mol. The van der Waals surface area contributed by atoms with Gasteiger partial charge in [-0.15, -0.1) is 0 Å². The second kappa shape index (κ2) is 6.40. The van der Waals surface area contributed by atoms with Crippen molar-refractivity contribution in [2.24, 2.45) is 11.7 Å². The highest BCUT2D eigenvalue weighted by Crippen LogP contribution is 2.27. The van der Waals surface area contributed by atoms with Crippen LogP contribution in [0, 0.1) is 12.8 Å². The fourth-order valence-corrected chi connectivity index (χ4v) is 2.95. The van der Waals surface area contributed by atoms with E-state index in [4.69, 9.17) is 5.73 Å². The van der Waals surface area contributed by atoms with Gasteiger partial charge in [-0.3, -0.25) is 4.79 Å². The van der Waals surface area contributed by atoms with Crippen LogP contribution >= 0.6 is 0 Å². The molecule has 110 valence electrons. The highest BCUT2D eigenvalue weighted by molar-refractivity contribution is 5.83. The summed E-state index contributed by atoms with van der Waals surface area (Å²) in [5.41, 5.74) is 8.22. The van der Waals surface area contributed by atoms with Gasteiger partial charge in [-0.25, -0.2) is 0 Å². The lowest BCUT2D eigenvalue weighted by atomic mass is 9.86. The monoisotopic (exact) mass is 274 g/mol. The molecule has 2 rings (SSSR count). The van der Waals surface area contributed by atoms with E-state index in [1.807, 2.05) is 43.1 Å². The first kappa shape index (κ1) is 15.0. The fourth-order valence-electron chi connectivity index (χ4n) is 2.95. The number of hydrogen-bond donors (Lipinski definition) is 1. The number of nitrogens with two attached hydrogens (primary N) is 1. The summed E-state index contributed by atoms with van der Waals surface area (Å²) in [6.07, 6.45) is 4.62. The Bertz CT molecular complexity index is 447. The van der Waals surface area contributed by atoms with Crippen LogP contribution in [0.1, 0.15) is 49.8 Å². The van der Waals surface area contributed by atoms with Crippen LogP contribution in [0.4, 0.5) is 0 Å². The standard InChI is InChI=1S/C17H26N2O/c1-12-4-8-14(9-5-12)16(18)17(20)19(3)15-10-6-13(2)7-11-15/h4-5,8-9,13,15-16H,6-7,10-11,18H2,1-3H3. The van der Waals surface area contributed by atoms with Gasteiger partial charge in [0.1, 0.15) is 6.04 Å². The van der Waals surface area contributed by atoms with Crippen molar-refractivity contribution >= 4 is 5.91 Å². The number of carbonyl (C=O) groups is 1. The van der Waals surface area contributed by atoms with Crippen molar-refractivity contribution in [3.8, 4) is 0 Å². The van der Waals surface area contributed by atoms with Gasteiger partial charge in [0.25, 0.3) is 0 Å². The summed E-state index contributed by atoms with van der Waals surface area (Å²) in [4.78, 5) is 14.4. The molecule has 1 aliphatic rings. The van der Waals surface area contributed by atoms with Gasteiger partial charge in [-0.05, 0) is 44.1 Å². The van der Waals surface area contributed by atoms with Crippen molar-refractivity contribution in [2.75, 3.05) is 7.05 Å². The number of benzene rings is 1. The first-order chi connectivity index (χ1) is 9.49. The maximum absolute atomic E-state index is 12.5. The van der Waals surface area contributed by atoms with Gasteiger partial charge in [0.15, 0.2) is 0 Å². The van der Waals surface area contributed by atoms with E-state index in [0.29, 0.717) is 6.04 Å². The Morgan fingerprint density at radius 1 is 1.20 bits per heavy atom. The van der Waals surface area contributed by atoms with Crippen LogP contribution in [-0.2, 0) is 4.79 Å². The lowest BCUT2D eigenvalue weighted by molar-refractivity contribution is -0.134. The van der Waals surface area contributed by atoms with Crippen molar-refractivity contribution in [1.29, 1.82) is 0 Å². The van der Waals surface area contributed by atoms with Crippen LogP contribution in [0.5, 0.6) is 0 Å². The first-order valence-electron chi connectivity index (χ1n) is 7.58. The summed E-state index contributed by atoms with van der Waals surface area (Å²) < 4.78 is 0. The Labute approximate surface area is 122 Å². The third-order valence-electron chi connectivity index (χ3n) is 4.58. The number of aryl methyl sites for hydroxylation is 1. The van der Waals surface area contributed by atoms with Crippen LogP contribution in [0.15, 0.2) is 24.3 Å². The Kier molecular flexibility index (Phi) is 4.81. The summed E-state index contributed by atoms with van der Waals surface area (Å²) in [6, 6.07) is 7.73. The molecule has 0 heterocycles. The maximum atomic E-state index is 12.5. The molecule has 0 radical (unpaired) electrons. The zero-order valence-electron chi connectivity index (χ0n) is 12.8. The zero-order chi connectivity index (χ0) is 14.7. The average molecular weight is 274 g/mol. The fraction of sp³-hybridized carbons (Fsp3) is 0.588. The van der Waals surface area contributed by atoms with Crippen molar-refractivity contribution < 1.29 is 4.79 Å². The summed E-state index contributed by atoms with van der Waals surface area (Å²) in [6.45, 7) is 4.32. The highest BCUT2D eigenvalue weighted by atomic mass is 16.2. The molecular formula is C17H26N2O. The molecule has 2 N–H and O–H groups in total. The lowest BCUT2D eigenvalue weighted by Crippen LogP contribution is -2.43. The van der Waals surface area contributed by atoms with E-state index in [9.17, 15) is 4.79 Å². The normalized spacial score (nSPS) is 24.2. The molecule has 1 aliphatic carbocycles. The molecule has 3 nitrogen and oxygen atoms in total. The lowest BCUT2D eigenvalue weighted by Gasteiger charge is -2.35. The molecule has 1 aromatic rings. The van der Waals surface area contributed by atoms with Gasteiger partial charge in [-0.1, -0.05) is 36.8 Å². The van der Waals surface area contributed by atoms with Gasteiger partial charge in [0.05, 0.1) is 0 Å². The summed E-state index contributed by atoms with van der Waals surface area (Å²) in [5, 5.41) is 0. The summed E-state index contributed by atoms with van der Waals surface area (Å²) in [5.74, 6) is 0.828. The van der Waals surface area contributed by atoms with E-state index >= 15 is 0 Å². The third kappa shape index (κ3) is 3.40. The number of carbonyl (C=O) groups excluding carboxylic acids is 1. The third-order valence-corrected chi connectivity index (χ3v) is 4.58. The van der Waals surface area contributed by atoms with Gasteiger partial charge in [0.2, 0.25) is 5.91 Å². The number of likely N-dealkylation sites (N-methyl/N-ethyl adjacent to an activating group) is 1. The van der Waals surface area contributed by atoms with Crippen molar-refractivity contribution in [3.63, 3.8) is 0 Å². The zero-order valence-corrected chi connectivity index (χ0v) is 12.8. The summed E-state index contributed by atoms with van der Waals surface area (Å²) in [7, 11) is 1.90. The smallest absolute Gasteiger partial charge is 0.244 e. The molecule has 3 heteroatoms. The van der Waals surface area contributed by atoms with Crippen LogP contribution < -0.4 is 5.73 Å². The number of rotatable bonds is 3. The molecule has 1 fully saturated rings. The predicted octanol–water partition coefficient (Wildman–Crippen LogP) is 3.03. The topological polar surface area (TPSA) is 46.3 Å². The minimum atomic E-state index is -0.542. The van der Waals surface area contributed by atoms with Gasteiger partial charge < -0.3 is 10.6 Å². The highest BCUT2D eigenvalue weighted by Gasteiger charge is 2.28. The van der Waals surface area contributed by atoms with Crippen LogP contribution in [-0.4, -0.2) is 23.9 Å². The molecule has 0 saturated heterocycles. The molecule has 1 amide bonds. The number of hydrogen-bond acceptors (Lipinski definition) is 2. The van der Waals surface area contributed by atoms with Gasteiger partial charge >= 0.3 is 0 Å². The Balaban J connectivity index is 2.00. The largest absolute Gasteiger partial charge is 0.341 e. The molecule has 20 heavy (non-hydrogen) atoms. The molecule has 0 aromatic heterocycles. The summed E-state index contributed by atoms with van der Waals surface area (Å²) >= 11 is 0. The van der Waals surface area contributed by atoms with E-state index in [0.717, 1.165) is 24.3 Å². The van der Waals surface area contributed by atoms with Crippen molar-refractivity contribution in [1.82, 2.24) is 4.90 Å². The number of amides is 1. The van der Waals surface area contributed by atoms with Crippen LogP contribution in [0.25, 0.3) is 0 Å². The molecule has 1 atom stereocenters. The minimum Gasteiger partial charge on any atom is -0.341 e. The van der Waals surface area contributed by atoms with Gasteiger partial charge in [-0.2, -0.15) is 0 Å². The van der Waals surface area contributed by atoms with E-state index in [-0.39, 0.29) is 5.91 Å². The van der Waals surface area contributed by atoms with Crippen molar-refractivity contribution in [2.45, 2.75) is 51.6 Å².